The average molecular weight is 520 g/mol. The van der Waals surface area contributed by atoms with Gasteiger partial charge in [0.05, 0.1) is 23.9 Å². The first kappa shape index (κ1) is 24.1. The van der Waals surface area contributed by atoms with E-state index in [0.29, 0.717) is 39.8 Å². The van der Waals surface area contributed by atoms with Gasteiger partial charge in [-0.05, 0) is 51.1 Å². The molecule has 0 spiro atoms. The van der Waals surface area contributed by atoms with Gasteiger partial charge in [0, 0.05) is 34.4 Å². The summed E-state index contributed by atoms with van der Waals surface area (Å²) in [7, 11) is 0. The van der Waals surface area contributed by atoms with Crippen LogP contribution in [0.3, 0.4) is 0 Å². The summed E-state index contributed by atoms with van der Waals surface area (Å²) in [6.45, 7) is 10.4. The van der Waals surface area contributed by atoms with Crippen molar-refractivity contribution in [2.45, 2.75) is 39.0 Å². The van der Waals surface area contributed by atoms with Crippen molar-refractivity contribution < 1.29 is 13.6 Å². The molecule has 0 unspecified atom stereocenters. The highest BCUT2D eigenvalue weighted by Gasteiger charge is 2.21. The lowest BCUT2D eigenvalue weighted by Crippen LogP contribution is -2.23. The van der Waals surface area contributed by atoms with Gasteiger partial charge < -0.3 is 13.4 Å². The molecule has 0 amide bonds. The van der Waals surface area contributed by atoms with Gasteiger partial charge in [0.2, 0.25) is 0 Å². The highest BCUT2D eigenvalue weighted by Crippen LogP contribution is 2.33. The summed E-state index contributed by atoms with van der Waals surface area (Å²) in [5, 5.41) is 2.91. The van der Waals surface area contributed by atoms with Crippen molar-refractivity contribution in [2.24, 2.45) is 0 Å². The highest BCUT2D eigenvalue weighted by atomic mass is 32.2. The molecule has 184 valence electrons. The number of ketones is 1. The molecule has 5 heterocycles. The monoisotopic (exact) mass is 519 g/mol. The van der Waals surface area contributed by atoms with E-state index in [4.69, 9.17) is 13.8 Å². The highest BCUT2D eigenvalue weighted by molar-refractivity contribution is 7.99. The van der Waals surface area contributed by atoms with E-state index in [0.717, 1.165) is 28.5 Å². The number of furan rings is 2. The Balaban J connectivity index is 1.43. The number of carbonyl (C=O) groups is 1. The Hall–Kier alpha value is -3.56. The number of fused-ring (bicyclic) bond motifs is 1. The number of nitrogens with zero attached hydrogens (tertiary/aromatic N) is 3. The fourth-order valence-electron chi connectivity index (χ4n) is 4.26. The van der Waals surface area contributed by atoms with Crippen LogP contribution in [-0.2, 0) is 13.1 Å². The zero-order chi connectivity index (χ0) is 25.4. The van der Waals surface area contributed by atoms with E-state index < -0.39 is 0 Å². The fraction of sp³-hybridized carbons (Fsp3) is 0.222. The predicted octanol–water partition coefficient (Wildman–Crippen LogP) is 6.25. The molecule has 9 heteroatoms. The van der Waals surface area contributed by atoms with Crippen LogP contribution in [0.2, 0.25) is 0 Å². The summed E-state index contributed by atoms with van der Waals surface area (Å²) in [5.74, 6) is 2.39. The van der Waals surface area contributed by atoms with Gasteiger partial charge >= 0.3 is 0 Å². The Kier molecular flexibility index (Phi) is 6.59. The third-order valence-corrected chi connectivity index (χ3v) is 7.93. The normalized spacial score (nSPS) is 11.4. The molecule has 0 aliphatic rings. The van der Waals surface area contributed by atoms with Crippen molar-refractivity contribution in [1.82, 2.24) is 14.1 Å². The van der Waals surface area contributed by atoms with E-state index in [1.807, 2.05) is 56.5 Å². The van der Waals surface area contributed by atoms with Gasteiger partial charge in [-0.3, -0.25) is 14.2 Å². The number of aryl methyl sites for hydroxylation is 2. The van der Waals surface area contributed by atoms with Crippen molar-refractivity contribution >= 4 is 39.1 Å². The van der Waals surface area contributed by atoms with Crippen LogP contribution < -0.4 is 5.56 Å². The maximum absolute atomic E-state index is 13.5. The SMILES string of the molecule is C=CCn1c(SCC(=O)c2cc(C)n(Cc3ccco3)c2C)nc2scc(-c3ccc(C)o3)c2c1=O. The third-order valence-electron chi connectivity index (χ3n) is 6.08. The van der Waals surface area contributed by atoms with E-state index in [1.54, 1.807) is 16.9 Å². The molecule has 0 N–H and O–H groups in total. The first-order valence-electron chi connectivity index (χ1n) is 11.4. The maximum Gasteiger partial charge on any atom is 0.263 e. The molecule has 5 rings (SSSR count). The van der Waals surface area contributed by atoms with Gasteiger partial charge in [-0.15, -0.1) is 17.9 Å². The summed E-state index contributed by atoms with van der Waals surface area (Å²) >= 11 is 2.66. The minimum Gasteiger partial charge on any atom is -0.467 e. The molecular weight excluding hydrogens is 494 g/mol. The molecule has 5 aromatic rings. The van der Waals surface area contributed by atoms with Gasteiger partial charge in [-0.2, -0.15) is 0 Å². The summed E-state index contributed by atoms with van der Waals surface area (Å²) < 4.78 is 14.9. The first-order chi connectivity index (χ1) is 17.4. The Morgan fingerprint density at radius 1 is 1.22 bits per heavy atom. The molecule has 0 aromatic carbocycles. The van der Waals surface area contributed by atoms with Crippen LogP contribution in [0.25, 0.3) is 21.5 Å². The molecule has 36 heavy (non-hydrogen) atoms. The third kappa shape index (κ3) is 4.40. The lowest BCUT2D eigenvalue weighted by molar-refractivity contribution is 0.102. The molecule has 0 fully saturated rings. The lowest BCUT2D eigenvalue weighted by Gasteiger charge is -2.10. The molecule has 7 nitrogen and oxygen atoms in total. The second kappa shape index (κ2) is 9.83. The summed E-state index contributed by atoms with van der Waals surface area (Å²) in [6, 6.07) is 9.41. The number of rotatable bonds is 9. The van der Waals surface area contributed by atoms with Gasteiger partial charge in [-0.25, -0.2) is 4.98 Å². The molecule has 0 saturated heterocycles. The minimum absolute atomic E-state index is 0.0174. The first-order valence-corrected chi connectivity index (χ1v) is 13.3. The van der Waals surface area contributed by atoms with Crippen molar-refractivity contribution in [3.8, 4) is 11.3 Å². The van der Waals surface area contributed by atoms with E-state index in [-0.39, 0.29) is 17.1 Å². The Labute approximate surface area is 216 Å². The number of thioether (sulfide) groups is 1. The van der Waals surface area contributed by atoms with Gasteiger partial charge in [0.1, 0.15) is 22.1 Å². The summed E-state index contributed by atoms with van der Waals surface area (Å²) in [5.41, 5.74) is 3.10. The standard InChI is InChI=1S/C27H25N3O4S2/c1-5-10-29-26(32)24-21(23-9-8-17(3)34-23)14-35-25(24)28-27(29)36-15-22(31)20-12-16(2)30(18(20)4)13-19-7-6-11-33-19/h5-9,11-12,14H,1,10,13,15H2,2-4H3. The van der Waals surface area contributed by atoms with Crippen molar-refractivity contribution in [1.29, 1.82) is 0 Å². The largest absolute Gasteiger partial charge is 0.467 e. The van der Waals surface area contributed by atoms with Gasteiger partial charge in [0.15, 0.2) is 10.9 Å². The smallest absolute Gasteiger partial charge is 0.263 e. The second-order valence-electron chi connectivity index (χ2n) is 8.50. The number of carbonyl (C=O) groups excluding carboxylic acids is 1. The summed E-state index contributed by atoms with van der Waals surface area (Å²) in [4.78, 5) is 32.1. The Morgan fingerprint density at radius 2 is 2.06 bits per heavy atom. The number of thiophene rings is 1. The Bertz CT molecular complexity index is 1630. The lowest BCUT2D eigenvalue weighted by atomic mass is 10.2. The fourth-order valence-corrected chi connectivity index (χ4v) is 6.12. The number of hydrogen-bond acceptors (Lipinski definition) is 7. The molecule has 0 aliphatic heterocycles. The number of allylic oxidation sites excluding steroid dienone is 1. The quantitative estimate of drug-likeness (QED) is 0.0991. The average Bonchev–Trinajstić information content (AvgIpc) is 3.65. The zero-order valence-corrected chi connectivity index (χ0v) is 21.9. The maximum atomic E-state index is 13.5. The van der Waals surface area contributed by atoms with Crippen LogP contribution >= 0.6 is 23.1 Å². The number of aromatic nitrogens is 3. The minimum atomic E-state index is -0.170. The number of hydrogen-bond donors (Lipinski definition) is 0. The molecule has 0 aliphatic carbocycles. The van der Waals surface area contributed by atoms with Crippen LogP contribution in [0.5, 0.6) is 0 Å². The Morgan fingerprint density at radius 3 is 2.75 bits per heavy atom. The molecule has 0 radical (unpaired) electrons. The van der Waals surface area contributed by atoms with Crippen LogP contribution in [0, 0.1) is 20.8 Å². The van der Waals surface area contributed by atoms with E-state index in [1.165, 1.54) is 23.1 Å². The molecule has 5 aromatic heterocycles. The zero-order valence-electron chi connectivity index (χ0n) is 20.2. The topological polar surface area (TPSA) is 83.2 Å². The van der Waals surface area contributed by atoms with E-state index in [2.05, 4.69) is 11.1 Å². The molecule has 0 bridgehead atoms. The molecular formula is C27H25N3O4S2. The van der Waals surface area contributed by atoms with Crippen molar-refractivity contribution in [3.05, 3.63) is 93.5 Å². The van der Waals surface area contributed by atoms with Crippen LogP contribution in [-0.4, -0.2) is 25.7 Å². The van der Waals surface area contributed by atoms with Gasteiger partial charge in [-0.1, -0.05) is 17.8 Å². The summed E-state index contributed by atoms with van der Waals surface area (Å²) in [6.07, 6.45) is 3.30. The van der Waals surface area contributed by atoms with Crippen LogP contribution in [0.15, 0.2) is 73.4 Å². The van der Waals surface area contributed by atoms with Crippen molar-refractivity contribution in [2.75, 3.05) is 5.75 Å². The van der Waals surface area contributed by atoms with Crippen LogP contribution in [0.1, 0.15) is 33.3 Å². The molecule has 0 saturated carbocycles. The van der Waals surface area contributed by atoms with E-state index in [9.17, 15) is 9.59 Å². The van der Waals surface area contributed by atoms with Crippen molar-refractivity contribution in [3.63, 3.8) is 0 Å². The predicted molar refractivity (Wildman–Crippen MR) is 143 cm³/mol. The molecule has 0 atom stereocenters. The van der Waals surface area contributed by atoms with E-state index >= 15 is 0 Å². The van der Waals surface area contributed by atoms with Crippen LogP contribution in [0.4, 0.5) is 0 Å². The second-order valence-corrected chi connectivity index (χ2v) is 10.3. The van der Waals surface area contributed by atoms with Gasteiger partial charge in [0.25, 0.3) is 5.56 Å². The number of Topliss-reactive ketones (excluding diaryl/α,β-unsaturated/α-hetero) is 1.